The molecule has 18 heavy (non-hydrogen) atoms. The van der Waals surface area contributed by atoms with E-state index in [2.05, 4.69) is 23.4 Å². The highest BCUT2D eigenvalue weighted by atomic mass is 32.2. The Bertz CT molecular complexity index is 396. The van der Waals surface area contributed by atoms with E-state index < -0.39 is 0 Å². The van der Waals surface area contributed by atoms with Gasteiger partial charge < -0.3 is 0 Å². The molecule has 100 valence electrons. The number of nitrogens with zero attached hydrogens (tertiary/aromatic N) is 3. The molecule has 0 aliphatic carbocycles. The number of hydrogen-bond donors (Lipinski definition) is 1. The molecule has 1 heterocycles. The highest BCUT2D eigenvalue weighted by Gasteiger charge is 2.25. The summed E-state index contributed by atoms with van der Waals surface area (Å²) in [6, 6.07) is 2.43. The highest BCUT2D eigenvalue weighted by Crippen LogP contribution is 2.22. The second-order valence-electron chi connectivity index (χ2n) is 4.38. The average Bonchev–Trinajstić information content (AvgIpc) is 2.79. The van der Waals surface area contributed by atoms with Crippen LogP contribution in [0.1, 0.15) is 33.1 Å². The van der Waals surface area contributed by atoms with Crippen LogP contribution < -0.4 is 5.32 Å². The molecule has 0 radical (unpaired) electrons. The SMILES string of the molecule is CCNC(C#N)(CC)CCCSc1cnn(C)c1. The summed E-state index contributed by atoms with van der Waals surface area (Å²) < 4.78 is 1.81. The Morgan fingerprint density at radius 2 is 2.33 bits per heavy atom. The molecule has 0 aliphatic heterocycles. The van der Waals surface area contributed by atoms with Crippen molar-refractivity contribution >= 4 is 11.8 Å². The topological polar surface area (TPSA) is 53.6 Å². The third-order valence-corrected chi connectivity index (χ3v) is 4.07. The Hall–Kier alpha value is -0.990. The molecule has 0 aliphatic rings. The van der Waals surface area contributed by atoms with Crippen LogP contribution in [-0.2, 0) is 7.05 Å². The lowest BCUT2D eigenvalue weighted by Crippen LogP contribution is -2.43. The molecule has 0 bridgehead atoms. The van der Waals surface area contributed by atoms with Crippen LogP contribution in [0.3, 0.4) is 0 Å². The summed E-state index contributed by atoms with van der Waals surface area (Å²) in [5, 5.41) is 16.7. The maximum absolute atomic E-state index is 9.29. The van der Waals surface area contributed by atoms with E-state index in [0.717, 1.165) is 31.6 Å². The van der Waals surface area contributed by atoms with Gasteiger partial charge in [0.15, 0.2) is 0 Å². The number of hydrogen-bond acceptors (Lipinski definition) is 4. The van der Waals surface area contributed by atoms with Crippen LogP contribution in [-0.4, -0.2) is 27.6 Å². The number of aromatic nitrogens is 2. The zero-order chi connectivity index (χ0) is 13.4. The lowest BCUT2D eigenvalue weighted by Gasteiger charge is -2.25. The third kappa shape index (κ3) is 4.35. The van der Waals surface area contributed by atoms with Crippen LogP contribution in [0, 0.1) is 11.3 Å². The Morgan fingerprint density at radius 3 is 2.83 bits per heavy atom. The quantitative estimate of drug-likeness (QED) is 0.580. The lowest BCUT2D eigenvalue weighted by atomic mass is 9.92. The van der Waals surface area contributed by atoms with Gasteiger partial charge in [-0.2, -0.15) is 10.4 Å². The van der Waals surface area contributed by atoms with Crippen LogP contribution in [0.4, 0.5) is 0 Å². The summed E-state index contributed by atoms with van der Waals surface area (Å²) >= 11 is 1.80. The predicted molar refractivity (Wildman–Crippen MR) is 75.5 cm³/mol. The fourth-order valence-corrected chi connectivity index (χ4v) is 2.81. The second kappa shape index (κ2) is 7.45. The molecular weight excluding hydrogens is 244 g/mol. The van der Waals surface area contributed by atoms with Crippen molar-refractivity contribution in [2.24, 2.45) is 7.05 Å². The summed E-state index contributed by atoms with van der Waals surface area (Å²) in [5.41, 5.74) is -0.343. The maximum atomic E-state index is 9.29. The molecule has 0 amide bonds. The van der Waals surface area contributed by atoms with Crippen LogP contribution in [0.2, 0.25) is 0 Å². The number of aryl methyl sites for hydroxylation is 1. The highest BCUT2D eigenvalue weighted by molar-refractivity contribution is 7.99. The largest absolute Gasteiger partial charge is 0.300 e. The monoisotopic (exact) mass is 266 g/mol. The normalized spacial score (nSPS) is 14.1. The Labute approximate surface area is 114 Å². The summed E-state index contributed by atoms with van der Waals surface area (Å²) in [5.74, 6) is 1.03. The fourth-order valence-electron chi connectivity index (χ4n) is 1.94. The number of nitriles is 1. The van der Waals surface area contributed by atoms with E-state index in [1.807, 2.05) is 31.0 Å². The molecule has 1 aromatic heterocycles. The van der Waals surface area contributed by atoms with Crippen LogP contribution in [0.15, 0.2) is 17.3 Å². The molecular formula is C13H22N4S. The van der Waals surface area contributed by atoms with Gasteiger partial charge >= 0.3 is 0 Å². The first kappa shape index (κ1) is 15.1. The van der Waals surface area contributed by atoms with E-state index in [0.29, 0.717) is 0 Å². The number of rotatable bonds is 8. The Balaban J connectivity index is 2.33. The Morgan fingerprint density at radius 1 is 1.56 bits per heavy atom. The number of thioether (sulfide) groups is 1. The Kier molecular flexibility index (Phi) is 6.23. The molecule has 0 saturated heterocycles. The molecule has 0 fully saturated rings. The van der Waals surface area contributed by atoms with Gasteiger partial charge in [-0.15, -0.1) is 11.8 Å². The molecule has 1 N–H and O–H groups in total. The second-order valence-corrected chi connectivity index (χ2v) is 5.55. The van der Waals surface area contributed by atoms with Gasteiger partial charge in [-0.05, 0) is 31.6 Å². The molecule has 1 unspecified atom stereocenters. The maximum Gasteiger partial charge on any atom is 0.106 e. The van der Waals surface area contributed by atoms with E-state index in [1.54, 1.807) is 11.8 Å². The summed E-state index contributed by atoms with van der Waals surface area (Å²) in [6.45, 7) is 4.96. The van der Waals surface area contributed by atoms with Gasteiger partial charge in [-0.3, -0.25) is 10.00 Å². The van der Waals surface area contributed by atoms with E-state index >= 15 is 0 Å². The van der Waals surface area contributed by atoms with Crippen LogP contribution in [0.25, 0.3) is 0 Å². The minimum absolute atomic E-state index is 0.343. The standard InChI is InChI=1S/C13H22N4S/c1-4-13(11-14,15-5-2)7-6-8-18-12-9-16-17(3)10-12/h9-10,15H,4-8H2,1-3H3. The van der Waals surface area contributed by atoms with Gasteiger partial charge in [0.05, 0.1) is 12.3 Å². The van der Waals surface area contributed by atoms with Gasteiger partial charge in [-0.25, -0.2) is 0 Å². The van der Waals surface area contributed by atoms with Gasteiger partial charge in [0.2, 0.25) is 0 Å². The smallest absolute Gasteiger partial charge is 0.106 e. The van der Waals surface area contributed by atoms with Crippen LogP contribution >= 0.6 is 11.8 Å². The molecule has 5 heteroatoms. The zero-order valence-electron chi connectivity index (χ0n) is 11.4. The molecule has 0 aromatic carbocycles. The minimum Gasteiger partial charge on any atom is -0.300 e. The van der Waals surface area contributed by atoms with Crippen LogP contribution in [0.5, 0.6) is 0 Å². The first-order valence-corrected chi connectivity index (χ1v) is 7.42. The van der Waals surface area contributed by atoms with E-state index in [9.17, 15) is 5.26 Å². The first-order valence-electron chi connectivity index (χ1n) is 6.43. The van der Waals surface area contributed by atoms with E-state index in [4.69, 9.17) is 0 Å². The predicted octanol–water partition coefficient (Wildman–Crippen LogP) is 2.57. The molecule has 1 rings (SSSR count). The zero-order valence-corrected chi connectivity index (χ0v) is 12.3. The van der Waals surface area contributed by atoms with Gasteiger partial charge in [0, 0.05) is 18.1 Å². The van der Waals surface area contributed by atoms with E-state index in [1.165, 1.54) is 4.90 Å². The minimum atomic E-state index is -0.343. The molecule has 1 aromatic rings. The van der Waals surface area contributed by atoms with Gasteiger partial charge in [-0.1, -0.05) is 13.8 Å². The molecule has 0 saturated carbocycles. The summed E-state index contributed by atoms with van der Waals surface area (Å²) in [4.78, 5) is 1.19. The fraction of sp³-hybridized carbons (Fsp3) is 0.692. The van der Waals surface area contributed by atoms with Crippen molar-refractivity contribution in [2.45, 2.75) is 43.5 Å². The van der Waals surface area contributed by atoms with Gasteiger partial charge in [0.25, 0.3) is 0 Å². The first-order chi connectivity index (χ1) is 8.65. The average molecular weight is 266 g/mol. The van der Waals surface area contributed by atoms with Crippen molar-refractivity contribution in [3.05, 3.63) is 12.4 Å². The lowest BCUT2D eigenvalue weighted by molar-refractivity contribution is 0.379. The molecule has 0 spiro atoms. The van der Waals surface area contributed by atoms with E-state index in [-0.39, 0.29) is 5.54 Å². The van der Waals surface area contributed by atoms with Crippen molar-refractivity contribution in [1.29, 1.82) is 5.26 Å². The van der Waals surface area contributed by atoms with Gasteiger partial charge in [0.1, 0.15) is 5.54 Å². The van der Waals surface area contributed by atoms with Crippen molar-refractivity contribution < 1.29 is 0 Å². The van der Waals surface area contributed by atoms with Crippen molar-refractivity contribution in [2.75, 3.05) is 12.3 Å². The molecule has 1 atom stereocenters. The van der Waals surface area contributed by atoms with Crippen molar-refractivity contribution in [3.63, 3.8) is 0 Å². The summed E-state index contributed by atoms with van der Waals surface area (Å²) in [6.07, 6.45) is 6.70. The van der Waals surface area contributed by atoms with Crippen molar-refractivity contribution in [1.82, 2.24) is 15.1 Å². The third-order valence-electron chi connectivity index (χ3n) is 3.03. The summed E-state index contributed by atoms with van der Waals surface area (Å²) in [7, 11) is 1.92. The number of nitrogens with one attached hydrogen (secondary N) is 1. The molecule has 4 nitrogen and oxygen atoms in total. The van der Waals surface area contributed by atoms with Crippen molar-refractivity contribution in [3.8, 4) is 6.07 Å².